The van der Waals surface area contributed by atoms with Crippen LogP contribution in [0.4, 0.5) is 5.13 Å². The maximum atomic E-state index is 5.77. The van der Waals surface area contributed by atoms with Gasteiger partial charge in [0.05, 0.1) is 15.8 Å². The van der Waals surface area contributed by atoms with Crippen molar-refractivity contribution in [1.82, 2.24) is 4.98 Å². The molecule has 0 saturated carbocycles. The van der Waals surface area contributed by atoms with Crippen molar-refractivity contribution in [1.29, 1.82) is 0 Å². The van der Waals surface area contributed by atoms with Crippen LogP contribution in [0.3, 0.4) is 0 Å². The summed E-state index contributed by atoms with van der Waals surface area (Å²) < 4.78 is 7.02. The number of anilines is 1. The summed E-state index contributed by atoms with van der Waals surface area (Å²) in [4.78, 5) is 4.60. The van der Waals surface area contributed by atoms with E-state index in [0.717, 1.165) is 36.6 Å². The average Bonchev–Trinajstić information content (AvgIpc) is 2.93. The number of rotatable bonds is 3. The molecule has 1 saturated heterocycles. The Morgan fingerprint density at radius 1 is 1.50 bits per heavy atom. The van der Waals surface area contributed by atoms with Crippen LogP contribution in [0.5, 0.6) is 0 Å². The highest BCUT2D eigenvalue weighted by atomic mass is 32.1. The van der Waals surface area contributed by atoms with Crippen molar-refractivity contribution in [2.75, 3.05) is 18.5 Å². The molecule has 1 aromatic heterocycles. The number of ether oxygens (including phenoxy) is 1. The zero-order valence-electron chi connectivity index (χ0n) is 10.8. The molecule has 1 fully saturated rings. The highest BCUT2D eigenvalue weighted by Gasteiger charge is 2.29. The number of benzene rings is 1. The zero-order valence-corrected chi connectivity index (χ0v) is 11.6. The van der Waals surface area contributed by atoms with Crippen molar-refractivity contribution in [2.24, 2.45) is 0 Å². The SMILES string of the molecule is Cc1ccc2nc(NCC3(C)CCCO3)sc2c1. The molecule has 3 rings (SSSR count). The molecule has 0 amide bonds. The molecular formula is C14H18N2OS. The van der Waals surface area contributed by atoms with Crippen LogP contribution in [-0.4, -0.2) is 23.7 Å². The molecule has 2 heterocycles. The number of hydrogen-bond donors (Lipinski definition) is 1. The molecule has 18 heavy (non-hydrogen) atoms. The van der Waals surface area contributed by atoms with E-state index in [1.54, 1.807) is 11.3 Å². The molecule has 1 unspecified atom stereocenters. The fourth-order valence-electron chi connectivity index (χ4n) is 2.35. The Balaban J connectivity index is 1.74. The zero-order chi connectivity index (χ0) is 12.6. The summed E-state index contributed by atoms with van der Waals surface area (Å²) in [5.74, 6) is 0. The number of nitrogens with one attached hydrogen (secondary N) is 1. The molecule has 4 heteroatoms. The Hall–Kier alpha value is -1.13. The average molecular weight is 262 g/mol. The van der Waals surface area contributed by atoms with Crippen molar-refractivity contribution in [3.05, 3.63) is 23.8 Å². The van der Waals surface area contributed by atoms with E-state index in [1.807, 2.05) is 0 Å². The lowest BCUT2D eigenvalue weighted by molar-refractivity contribution is 0.0315. The first-order chi connectivity index (χ1) is 8.65. The minimum absolute atomic E-state index is 0.0201. The van der Waals surface area contributed by atoms with Crippen molar-refractivity contribution in [3.63, 3.8) is 0 Å². The Morgan fingerprint density at radius 3 is 3.17 bits per heavy atom. The van der Waals surface area contributed by atoms with Gasteiger partial charge in [-0.1, -0.05) is 17.4 Å². The van der Waals surface area contributed by atoms with Gasteiger partial charge in [0, 0.05) is 13.2 Å². The fourth-order valence-corrected chi connectivity index (χ4v) is 3.31. The second-order valence-electron chi connectivity index (χ2n) is 5.25. The standard InChI is InChI=1S/C14H18N2OS/c1-10-4-5-11-12(8-10)18-13(16-11)15-9-14(2)6-3-7-17-14/h4-5,8H,3,6-7,9H2,1-2H3,(H,15,16). The third-order valence-corrected chi connectivity index (χ3v) is 4.43. The van der Waals surface area contributed by atoms with Gasteiger partial charge in [-0.25, -0.2) is 4.98 Å². The van der Waals surface area contributed by atoms with E-state index >= 15 is 0 Å². The Labute approximate surface area is 111 Å². The Bertz CT molecular complexity index is 558. The van der Waals surface area contributed by atoms with E-state index in [4.69, 9.17) is 4.74 Å². The highest BCUT2D eigenvalue weighted by molar-refractivity contribution is 7.22. The predicted molar refractivity (Wildman–Crippen MR) is 76.4 cm³/mol. The van der Waals surface area contributed by atoms with Crippen LogP contribution >= 0.6 is 11.3 Å². The quantitative estimate of drug-likeness (QED) is 0.918. The van der Waals surface area contributed by atoms with Gasteiger partial charge < -0.3 is 10.1 Å². The van der Waals surface area contributed by atoms with E-state index < -0.39 is 0 Å². The first-order valence-corrected chi connectivity index (χ1v) is 7.21. The molecule has 1 aliphatic heterocycles. The second-order valence-corrected chi connectivity index (χ2v) is 6.28. The Kier molecular flexibility index (Phi) is 2.99. The van der Waals surface area contributed by atoms with E-state index in [2.05, 4.69) is 42.3 Å². The number of aryl methyl sites for hydroxylation is 1. The molecule has 2 aromatic rings. The molecule has 1 N–H and O–H groups in total. The summed E-state index contributed by atoms with van der Waals surface area (Å²) >= 11 is 1.72. The van der Waals surface area contributed by atoms with Gasteiger partial charge in [-0.3, -0.25) is 0 Å². The van der Waals surface area contributed by atoms with Gasteiger partial charge in [-0.2, -0.15) is 0 Å². The number of aromatic nitrogens is 1. The van der Waals surface area contributed by atoms with Crippen LogP contribution in [0.25, 0.3) is 10.2 Å². The van der Waals surface area contributed by atoms with Crippen molar-refractivity contribution < 1.29 is 4.74 Å². The van der Waals surface area contributed by atoms with Gasteiger partial charge in [-0.05, 0) is 44.4 Å². The predicted octanol–water partition coefficient (Wildman–Crippen LogP) is 3.59. The van der Waals surface area contributed by atoms with Gasteiger partial charge >= 0.3 is 0 Å². The summed E-state index contributed by atoms with van der Waals surface area (Å²) in [5, 5.41) is 4.41. The van der Waals surface area contributed by atoms with E-state index in [-0.39, 0.29) is 5.60 Å². The summed E-state index contributed by atoms with van der Waals surface area (Å²) in [5.41, 5.74) is 2.34. The van der Waals surface area contributed by atoms with Gasteiger partial charge in [0.2, 0.25) is 0 Å². The largest absolute Gasteiger partial charge is 0.373 e. The Morgan fingerprint density at radius 2 is 2.39 bits per heavy atom. The molecule has 0 spiro atoms. The van der Waals surface area contributed by atoms with E-state index in [9.17, 15) is 0 Å². The van der Waals surface area contributed by atoms with Crippen LogP contribution in [0.1, 0.15) is 25.3 Å². The first-order valence-electron chi connectivity index (χ1n) is 6.40. The third kappa shape index (κ3) is 2.35. The van der Waals surface area contributed by atoms with Gasteiger partial charge in [0.25, 0.3) is 0 Å². The van der Waals surface area contributed by atoms with Crippen LogP contribution < -0.4 is 5.32 Å². The number of fused-ring (bicyclic) bond motifs is 1. The molecule has 0 bridgehead atoms. The number of nitrogens with zero attached hydrogens (tertiary/aromatic N) is 1. The lowest BCUT2D eigenvalue weighted by Crippen LogP contribution is -2.32. The fraction of sp³-hybridized carbons (Fsp3) is 0.500. The molecule has 1 atom stereocenters. The van der Waals surface area contributed by atoms with Crippen LogP contribution in [-0.2, 0) is 4.74 Å². The molecule has 1 aliphatic rings. The van der Waals surface area contributed by atoms with E-state index in [1.165, 1.54) is 10.3 Å². The first kappa shape index (κ1) is 11.9. The smallest absolute Gasteiger partial charge is 0.183 e. The minimum Gasteiger partial charge on any atom is -0.373 e. The maximum Gasteiger partial charge on any atom is 0.183 e. The summed E-state index contributed by atoms with van der Waals surface area (Å²) in [7, 11) is 0. The minimum atomic E-state index is -0.0201. The van der Waals surface area contributed by atoms with Crippen LogP contribution in [0.2, 0.25) is 0 Å². The van der Waals surface area contributed by atoms with Crippen molar-refractivity contribution in [2.45, 2.75) is 32.3 Å². The molecule has 1 aromatic carbocycles. The normalized spacial score (nSPS) is 23.7. The highest BCUT2D eigenvalue weighted by Crippen LogP contribution is 2.29. The third-order valence-electron chi connectivity index (χ3n) is 3.46. The molecule has 3 nitrogen and oxygen atoms in total. The lowest BCUT2D eigenvalue weighted by atomic mass is 10.0. The van der Waals surface area contributed by atoms with Crippen molar-refractivity contribution in [3.8, 4) is 0 Å². The summed E-state index contributed by atoms with van der Waals surface area (Å²) in [6.07, 6.45) is 2.29. The number of hydrogen-bond acceptors (Lipinski definition) is 4. The lowest BCUT2D eigenvalue weighted by Gasteiger charge is -2.22. The van der Waals surface area contributed by atoms with Crippen molar-refractivity contribution >= 4 is 26.7 Å². The maximum absolute atomic E-state index is 5.77. The monoisotopic (exact) mass is 262 g/mol. The molecule has 96 valence electrons. The number of thiazole rings is 1. The van der Waals surface area contributed by atoms with Crippen LogP contribution in [0, 0.1) is 6.92 Å². The second kappa shape index (κ2) is 4.52. The summed E-state index contributed by atoms with van der Waals surface area (Å²) in [6, 6.07) is 6.37. The van der Waals surface area contributed by atoms with Gasteiger partial charge in [-0.15, -0.1) is 0 Å². The molecule has 0 radical (unpaired) electrons. The van der Waals surface area contributed by atoms with Crippen LogP contribution in [0.15, 0.2) is 18.2 Å². The molecule has 0 aliphatic carbocycles. The van der Waals surface area contributed by atoms with Gasteiger partial charge in [0.15, 0.2) is 5.13 Å². The molecular weight excluding hydrogens is 244 g/mol. The van der Waals surface area contributed by atoms with E-state index in [0.29, 0.717) is 0 Å². The topological polar surface area (TPSA) is 34.2 Å². The summed E-state index contributed by atoms with van der Waals surface area (Å²) in [6.45, 7) is 6.01. The van der Waals surface area contributed by atoms with Gasteiger partial charge in [0.1, 0.15) is 0 Å².